The molecule has 1 nitrogen and oxygen atoms in total. The summed E-state index contributed by atoms with van der Waals surface area (Å²) in [5.41, 5.74) is -2.02. The van der Waals surface area contributed by atoms with Crippen molar-refractivity contribution < 1.29 is 22.4 Å². The van der Waals surface area contributed by atoms with Crippen molar-refractivity contribution in [3.8, 4) is 0 Å². The molecular formula is C12H5BrF4OS. The lowest BCUT2D eigenvalue weighted by atomic mass is 10.0. The molecule has 1 heterocycles. The van der Waals surface area contributed by atoms with Gasteiger partial charge >= 0.3 is 6.18 Å². The van der Waals surface area contributed by atoms with E-state index >= 15 is 0 Å². The predicted octanol–water partition coefficient (Wildman–Crippen LogP) is 4.90. The van der Waals surface area contributed by atoms with Gasteiger partial charge in [0.05, 0.1) is 19.8 Å². The maximum absolute atomic E-state index is 13.8. The molecule has 1 aromatic carbocycles. The van der Waals surface area contributed by atoms with Crippen LogP contribution in [-0.4, -0.2) is 5.78 Å². The van der Waals surface area contributed by atoms with Crippen LogP contribution in [0, 0.1) is 5.82 Å². The number of benzene rings is 1. The summed E-state index contributed by atoms with van der Waals surface area (Å²) >= 11 is 4.16. The molecule has 0 spiro atoms. The van der Waals surface area contributed by atoms with Gasteiger partial charge in [-0.2, -0.15) is 13.2 Å². The zero-order valence-electron chi connectivity index (χ0n) is 9.09. The van der Waals surface area contributed by atoms with E-state index in [0.29, 0.717) is 9.85 Å². The number of rotatable bonds is 2. The molecule has 0 N–H and O–H groups in total. The average Bonchev–Trinajstić information content (AvgIpc) is 2.74. The maximum atomic E-state index is 13.8. The summed E-state index contributed by atoms with van der Waals surface area (Å²) in [6.45, 7) is 0. The highest BCUT2D eigenvalue weighted by molar-refractivity contribution is 9.11. The van der Waals surface area contributed by atoms with Gasteiger partial charge in [-0.05, 0) is 40.2 Å². The molecule has 0 bridgehead atoms. The van der Waals surface area contributed by atoms with Gasteiger partial charge in [-0.1, -0.05) is 6.07 Å². The van der Waals surface area contributed by atoms with E-state index in [2.05, 4.69) is 15.9 Å². The summed E-state index contributed by atoms with van der Waals surface area (Å²) in [5.74, 6) is -2.30. The number of alkyl halides is 3. The van der Waals surface area contributed by atoms with Crippen LogP contribution in [0.4, 0.5) is 17.6 Å². The van der Waals surface area contributed by atoms with Crippen LogP contribution in [-0.2, 0) is 6.18 Å². The van der Waals surface area contributed by atoms with Gasteiger partial charge in [-0.25, -0.2) is 4.39 Å². The van der Waals surface area contributed by atoms with Gasteiger partial charge in [0, 0.05) is 0 Å². The second-order valence-corrected chi connectivity index (χ2v) is 6.06. The summed E-state index contributed by atoms with van der Waals surface area (Å²) in [4.78, 5) is 12.1. The highest BCUT2D eigenvalue weighted by Gasteiger charge is 2.35. The van der Waals surface area contributed by atoms with Gasteiger partial charge in [0.2, 0.25) is 5.78 Å². The summed E-state index contributed by atoms with van der Waals surface area (Å²) in [6.07, 6.45) is -4.82. The number of hydrogen-bond donors (Lipinski definition) is 0. The number of hydrogen-bond acceptors (Lipinski definition) is 2. The van der Waals surface area contributed by atoms with Crippen LogP contribution in [0.1, 0.15) is 20.8 Å². The fraction of sp³-hybridized carbons (Fsp3) is 0.0833. The Kier molecular flexibility index (Phi) is 3.78. The second kappa shape index (κ2) is 5.05. The molecule has 0 saturated carbocycles. The topological polar surface area (TPSA) is 17.1 Å². The van der Waals surface area contributed by atoms with Gasteiger partial charge in [-0.15, -0.1) is 11.3 Å². The molecule has 2 rings (SSSR count). The first-order valence-electron chi connectivity index (χ1n) is 4.96. The standard InChI is InChI=1S/C12H5BrF4OS/c13-9-5-4-8(19-9)11(18)6-2-1-3-7(10(6)14)12(15,16)17/h1-5H. The maximum Gasteiger partial charge on any atom is 0.419 e. The molecule has 7 heteroatoms. The minimum atomic E-state index is -4.82. The van der Waals surface area contributed by atoms with Crippen molar-refractivity contribution in [2.45, 2.75) is 6.18 Å². The Hall–Kier alpha value is -1.21. The van der Waals surface area contributed by atoms with E-state index in [0.717, 1.165) is 23.5 Å². The largest absolute Gasteiger partial charge is 0.419 e. The number of halogens is 5. The van der Waals surface area contributed by atoms with E-state index < -0.39 is 28.9 Å². The highest BCUT2D eigenvalue weighted by atomic mass is 79.9. The molecule has 0 fully saturated rings. The Morgan fingerprint density at radius 1 is 1.16 bits per heavy atom. The predicted molar refractivity (Wildman–Crippen MR) is 66.9 cm³/mol. The Labute approximate surface area is 118 Å². The lowest BCUT2D eigenvalue weighted by Crippen LogP contribution is -2.12. The highest BCUT2D eigenvalue weighted by Crippen LogP contribution is 2.33. The molecule has 0 amide bonds. The summed E-state index contributed by atoms with van der Waals surface area (Å²) < 4.78 is 52.0. The average molecular weight is 353 g/mol. The third kappa shape index (κ3) is 2.87. The molecular weight excluding hydrogens is 348 g/mol. The minimum absolute atomic E-state index is 0.171. The van der Waals surface area contributed by atoms with E-state index in [9.17, 15) is 22.4 Å². The normalized spacial score (nSPS) is 11.6. The zero-order valence-corrected chi connectivity index (χ0v) is 11.5. The molecule has 19 heavy (non-hydrogen) atoms. The van der Waals surface area contributed by atoms with Crippen LogP contribution in [0.2, 0.25) is 0 Å². The van der Waals surface area contributed by atoms with E-state index in [-0.39, 0.29) is 4.88 Å². The third-order valence-corrected chi connectivity index (χ3v) is 3.97. The molecule has 0 aliphatic rings. The minimum Gasteiger partial charge on any atom is -0.288 e. The van der Waals surface area contributed by atoms with Crippen LogP contribution >= 0.6 is 27.3 Å². The molecule has 0 aliphatic carbocycles. The van der Waals surface area contributed by atoms with Crippen molar-refractivity contribution >= 4 is 33.0 Å². The number of thiophene rings is 1. The lowest BCUT2D eigenvalue weighted by Gasteiger charge is -2.09. The molecule has 0 aliphatic heterocycles. The lowest BCUT2D eigenvalue weighted by molar-refractivity contribution is -0.140. The number of carbonyl (C=O) groups excluding carboxylic acids is 1. The van der Waals surface area contributed by atoms with Crippen LogP contribution < -0.4 is 0 Å². The third-order valence-electron chi connectivity index (χ3n) is 2.35. The van der Waals surface area contributed by atoms with Crippen molar-refractivity contribution in [3.05, 3.63) is 55.9 Å². The van der Waals surface area contributed by atoms with Gasteiger partial charge in [-0.3, -0.25) is 4.79 Å². The molecule has 0 saturated heterocycles. The first-order chi connectivity index (χ1) is 8.80. The quantitative estimate of drug-likeness (QED) is 0.555. The van der Waals surface area contributed by atoms with E-state index in [1.165, 1.54) is 6.07 Å². The van der Waals surface area contributed by atoms with Crippen LogP contribution in [0.15, 0.2) is 34.1 Å². The molecule has 0 radical (unpaired) electrons. The van der Waals surface area contributed by atoms with Crippen molar-refractivity contribution in [1.82, 2.24) is 0 Å². The fourth-order valence-corrected chi connectivity index (χ4v) is 2.84. The second-order valence-electron chi connectivity index (χ2n) is 3.60. The van der Waals surface area contributed by atoms with Crippen molar-refractivity contribution in [1.29, 1.82) is 0 Å². The smallest absolute Gasteiger partial charge is 0.288 e. The molecule has 0 atom stereocenters. The molecule has 1 aromatic heterocycles. The summed E-state index contributed by atoms with van der Waals surface area (Å²) in [6, 6.07) is 5.67. The van der Waals surface area contributed by atoms with E-state index in [1.807, 2.05) is 0 Å². The first-order valence-corrected chi connectivity index (χ1v) is 6.57. The molecule has 0 unspecified atom stereocenters. The molecule has 2 aromatic rings. The fourth-order valence-electron chi connectivity index (χ4n) is 1.50. The summed E-state index contributed by atoms with van der Waals surface area (Å²) in [5, 5.41) is 0. The van der Waals surface area contributed by atoms with E-state index in [4.69, 9.17) is 0 Å². The van der Waals surface area contributed by atoms with E-state index in [1.54, 1.807) is 6.07 Å². The molecule has 100 valence electrons. The van der Waals surface area contributed by atoms with Gasteiger partial charge in [0.1, 0.15) is 5.82 Å². The SMILES string of the molecule is O=C(c1ccc(Br)s1)c1cccc(C(F)(F)F)c1F. The van der Waals surface area contributed by atoms with Crippen LogP contribution in [0.25, 0.3) is 0 Å². The Balaban J connectivity index is 2.49. The monoisotopic (exact) mass is 352 g/mol. The van der Waals surface area contributed by atoms with Crippen LogP contribution in [0.3, 0.4) is 0 Å². The Morgan fingerprint density at radius 2 is 1.84 bits per heavy atom. The van der Waals surface area contributed by atoms with Crippen LogP contribution in [0.5, 0.6) is 0 Å². The van der Waals surface area contributed by atoms with Gasteiger partial charge in [0.15, 0.2) is 0 Å². The Bertz CT molecular complexity index is 633. The first kappa shape index (κ1) is 14.2. The van der Waals surface area contributed by atoms with Crippen molar-refractivity contribution in [2.75, 3.05) is 0 Å². The number of carbonyl (C=O) groups is 1. The number of ketones is 1. The zero-order chi connectivity index (χ0) is 14.2. The van der Waals surface area contributed by atoms with Gasteiger partial charge in [0.25, 0.3) is 0 Å². The summed E-state index contributed by atoms with van der Waals surface area (Å²) in [7, 11) is 0. The Morgan fingerprint density at radius 3 is 2.37 bits per heavy atom. The van der Waals surface area contributed by atoms with Crippen molar-refractivity contribution in [2.24, 2.45) is 0 Å². The van der Waals surface area contributed by atoms with Crippen molar-refractivity contribution in [3.63, 3.8) is 0 Å². The van der Waals surface area contributed by atoms with Gasteiger partial charge < -0.3 is 0 Å².